The van der Waals surface area contributed by atoms with E-state index < -0.39 is 21.7 Å². The molecule has 1 heterocycles. The molecule has 1 aromatic carbocycles. The van der Waals surface area contributed by atoms with Gasteiger partial charge in [0.05, 0.1) is 10.5 Å². The predicted molar refractivity (Wildman–Crippen MR) is 95.0 cm³/mol. The molecule has 3 N–H and O–H groups in total. The van der Waals surface area contributed by atoms with E-state index in [4.69, 9.17) is 0 Å². The molecular formula is C17H20N4O4S. The van der Waals surface area contributed by atoms with Crippen molar-refractivity contribution in [3.63, 3.8) is 0 Å². The Hall–Kier alpha value is -2.52. The number of carbonyl (C=O) groups is 1. The van der Waals surface area contributed by atoms with E-state index in [9.17, 15) is 18.3 Å². The van der Waals surface area contributed by atoms with Crippen molar-refractivity contribution in [3.8, 4) is 0 Å². The Bertz CT molecular complexity index is 935. The smallest absolute Gasteiger partial charge is 0.335 e. The molecule has 26 heavy (non-hydrogen) atoms. The van der Waals surface area contributed by atoms with Gasteiger partial charge < -0.3 is 5.11 Å². The largest absolute Gasteiger partial charge is 0.385 e. The topological polar surface area (TPSA) is 121 Å². The summed E-state index contributed by atoms with van der Waals surface area (Å²) < 4.78 is 27.3. The van der Waals surface area contributed by atoms with Crippen LogP contribution in [-0.4, -0.2) is 29.5 Å². The van der Waals surface area contributed by atoms with Gasteiger partial charge in [0.1, 0.15) is 0 Å². The van der Waals surface area contributed by atoms with Gasteiger partial charge in [-0.05, 0) is 45.2 Å². The van der Waals surface area contributed by atoms with Crippen molar-refractivity contribution in [2.24, 2.45) is 0 Å². The second-order valence-corrected chi connectivity index (χ2v) is 8.07. The highest BCUT2D eigenvalue weighted by Gasteiger charge is 2.40. The SMILES string of the molecule is Cc1cc(C)nc(NC(=O)NS(=O)(=O)c2ccccc2C2(O)CCC2)n1. The van der Waals surface area contributed by atoms with Gasteiger partial charge in [-0.15, -0.1) is 0 Å². The molecule has 0 unspecified atom stereocenters. The highest BCUT2D eigenvalue weighted by Crippen LogP contribution is 2.43. The Balaban J connectivity index is 1.82. The first-order chi connectivity index (χ1) is 12.2. The molecule has 138 valence electrons. The Morgan fingerprint density at radius 3 is 2.35 bits per heavy atom. The van der Waals surface area contributed by atoms with Crippen LogP contribution < -0.4 is 10.0 Å². The van der Waals surface area contributed by atoms with E-state index >= 15 is 0 Å². The van der Waals surface area contributed by atoms with Crippen molar-refractivity contribution in [1.29, 1.82) is 0 Å². The average molecular weight is 376 g/mol. The van der Waals surface area contributed by atoms with Crippen molar-refractivity contribution in [2.75, 3.05) is 5.32 Å². The summed E-state index contributed by atoms with van der Waals surface area (Å²) >= 11 is 0. The van der Waals surface area contributed by atoms with Crippen LogP contribution in [0.4, 0.5) is 10.7 Å². The van der Waals surface area contributed by atoms with Crippen LogP contribution >= 0.6 is 0 Å². The Kier molecular flexibility index (Phi) is 4.68. The molecule has 1 aliphatic carbocycles. The molecule has 8 nitrogen and oxygen atoms in total. The molecule has 0 radical (unpaired) electrons. The molecule has 2 aromatic rings. The average Bonchev–Trinajstić information content (AvgIpc) is 2.51. The number of nitrogens with one attached hydrogen (secondary N) is 2. The zero-order valence-corrected chi connectivity index (χ0v) is 15.3. The van der Waals surface area contributed by atoms with Gasteiger partial charge in [-0.1, -0.05) is 18.2 Å². The molecular weight excluding hydrogens is 356 g/mol. The number of urea groups is 1. The van der Waals surface area contributed by atoms with Crippen LogP contribution in [0.25, 0.3) is 0 Å². The highest BCUT2D eigenvalue weighted by molar-refractivity contribution is 7.90. The number of aliphatic hydroxyl groups is 1. The number of aryl methyl sites for hydroxylation is 2. The number of sulfonamides is 1. The molecule has 1 fully saturated rings. The first-order valence-electron chi connectivity index (χ1n) is 8.18. The van der Waals surface area contributed by atoms with Gasteiger partial charge in [-0.25, -0.2) is 27.9 Å². The minimum Gasteiger partial charge on any atom is -0.385 e. The molecule has 9 heteroatoms. The van der Waals surface area contributed by atoms with Crippen LogP contribution in [0.5, 0.6) is 0 Å². The third-order valence-electron chi connectivity index (χ3n) is 4.29. The van der Waals surface area contributed by atoms with Crippen LogP contribution in [0.1, 0.15) is 36.2 Å². The molecule has 0 bridgehead atoms. The monoisotopic (exact) mass is 376 g/mol. The fourth-order valence-corrected chi connectivity index (χ4v) is 4.16. The number of hydrogen-bond donors (Lipinski definition) is 3. The van der Waals surface area contributed by atoms with Gasteiger partial charge in [0.2, 0.25) is 5.95 Å². The number of amides is 2. The van der Waals surface area contributed by atoms with Crippen LogP contribution in [0.15, 0.2) is 35.2 Å². The van der Waals surface area contributed by atoms with Gasteiger partial charge in [0.25, 0.3) is 10.0 Å². The van der Waals surface area contributed by atoms with Gasteiger partial charge in [-0.3, -0.25) is 5.32 Å². The molecule has 0 saturated heterocycles. The van der Waals surface area contributed by atoms with Crippen LogP contribution in [0.2, 0.25) is 0 Å². The number of nitrogens with zero attached hydrogens (tertiary/aromatic N) is 2. The Morgan fingerprint density at radius 2 is 1.77 bits per heavy atom. The quantitative estimate of drug-likeness (QED) is 0.750. The van der Waals surface area contributed by atoms with Crippen LogP contribution in [0.3, 0.4) is 0 Å². The normalized spacial score (nSPS) is 15.8. The summed E-state index contributed by atoms with van der Waals surface area (Å²) in [6.07, 6.45) is 1.80. The van der Waals surface area contributed by atoms with E-state index in [0.717, 1.165) is 6.42 Å². The van der Waals surface area contributed by atoms with Crippen LogP contribution in [0, 0.1) is 13.8 Å². The number of carbonyl (C=O) groups excluding carboxylic acids is 1. The number of benzene rings is 1. The van der Waals surface area contributed by atoms with Crippen LogP contribution in [-0.2, 0) is 15.6 Å². The molecule has 1 saturated carbocycles. The molecule has 3 rings (SSSR count). The van der Waals surface area contributed by atoms with Gasteiger partial charge in [0, 0.05) is 17.0 Å². The lowest BCUT2D eigenvalue weighted by molar-refractivity contribution is -0.0412. The van der Waals surface area contributed by atoms with Gasteiger partial charge in [-0.2, -0.15) is 0 Å². The fraction of sp³-hybridized carbons (Fsp3) is 0.353. The fourth-order valence-electron chi connectivity index (χ4n) is 2.95. The van der Waals surface area contributed by atoms with E-state index in [0.29, 0.717) is 29.8 Å². The second-order valence-electron chi connectivity index (χ2n) is 6.42. The Labute approximate surface area is 151 Å². The lowest BCUT2D eigenvalue weighted by Crippen LogP contribution is -2.39. The summed E-state index contributed by atoms with van der Waals surface area (Å²) in [7, 11) is -4.17. The first-order valence-corrected chi connectivity index (χ1v) is 9.66. The second kappa shape index (κ2) is 6.65. The standard InChI is InChI=1S/C17H20N4O4S/c1-11-10-12(2)19-15(18-11)20-16(22)21-26(24,25)14-7-4-3-6-13(14)17(23)8-5-9-17/h3-4,6-7,10,23H,5,8-9H2,1-2H3,(H2,18,19,20,21,22). The summed E-state index contributed by atoms with van der Waals surface area (Å²) in [5.74, 6) is 0.0149. The molecule has 0 spiro atoms. The van der Waals surface area contributed by atoms with Gasteiger partial charge in [0.15, 0.2) is 0 Å². The maximum absolute atomic E-state index is 12.7. The lowest BCUT2D eigenvalue weighted by Gasteiger charge is -2.38. The number of anilines is 1. The van der Waals surface area contributed by atoms with E-state index in [-0.39, 0.29) is 10.8 Å². The van der Waals surface area contributed by atoms with Gasteiger partial charge >= 0.3 is 6.03 Å². The summed E-state index contributed by atoms with van der Waals surface area (Å²) in [5.41, 5.74) is 0.425. The van der Waals surface area contributed by atoms with E-state index in [1.807, 2.05) is 4.72 Å². The third kappa shape index (κ3) is 3.68. The first kappa shape index (κ1) is 18.3. The summed E-state index contributed by atoms with van der Waals surface area (Å²) in [6, 6.07) is 6.91. The minimum absolute atomic E-state index is 0.0149. The minimum atomic E-state index is -4.17. The zero-order valence-electron chi connectivity index (χ0n) is 14.5. The molecule has 1 aliphatic rings. The lowest BCUT2D eigenvalue weighted by atomic mass is 9.75. The summed E-state index contributed by atoms with van der Waals surface area (Å²) in [4.78, 5) is 20.1. The maximum Gasteiger partial charge on any atom is 0.335 e. The van der Waals surface area contributed by atoms with E-state index in [2.05, 4.69) is 15.3 Å². The molecule has 1 aromatic heterocycles. The number of hydrogen-bond acceptors (Lipinski definition) is 6. The molecule has 0 atom stereocenters. The van der Waals surface area contributed by atoms with E-state index in [1.165, 1.54) is 6.07 Å². The molecule has 2 amide bonds. The third-order valence-corrected chi connectivity index (χ3v) is 5.68. The molecule has 0 aliphatic heterocycles. The summed E-state index contributed by atoms with van der Waals surface area (Å²) in [5, 5.41) is 12.9. The van der Waals surface area contributed by atoms with Crippen molar-refractivity contribution in [2.45, 2.75) is 43.6 Å². The summed E-state index contributed by atoms with van der Waals surface area (Å²) in [6.45, 7) is 3.48. The zero-order chi connectivity index (χ0) is 18.9. The predicted octanol–water partition coefficient (Wildman–Crippen LogP) is 1.98. The van der Waals surface area contributed by atoms with Crippen molar-refractivity contribution >= 4 is 22.0 Å². The number of rotatable bonds is 4. The Morgan fingerprint density at radius 1 is 1.15 bits per heavy atom. The number of aromatic nitrogens is 2. The van der Waals surface area contributed by atoms with E-state index in [1.54, 1.807) is 38.1 Å². The van der Waals surface area contributed by atoms with Crippen molar-refractivity contribution in [3.05, 3.63) is 47.3 Å². The van der Waals surface area contributed by atoms with Crippen molar-refractivity contribution < 1.29 is 18.3 Å². The maximum atomic E-state index is 12.7. The van der Waals surface area contributed by atoms with Crippen molar-refractivity contribution in [1.82, 2.24) is 14.7 Å². The highest BCUT2D eigenvalue weighted by atomic mass is 32.2.